The molecule has 3 unspecified atom stereocenters. The van der Waals surface area contributed by atoms with E-state index < -0.39 is 0 Å². The van der Waals surface area contributed by atoms with E-state index in [9.17, 15) is 0 Å². The van der Waals surface area contributed by atoms with Crippen LogP contribution >= 0.6 is 0 Å². The van der Waals surface area contributed by atoms with Crippen LogP contribution < -0.4 is 10.3 Å². The normalized spacial score (nSPS) is 35.2. The number of hydrogen-bond acceptors (Lipinski definition) is 5. The molecule has 1 fully saturated rings. The van der Waals surface area contributed by atoms with Crippen molar-refractivity contribution < 1.29 is 0 Å². The van der Waals surface area contributed by atoms with Gasteiger partial charge in [-0.2, -0.15) is 5.10 Å². The number of nitrogens with zero attached hydrogens (tertiary/aromatic N) is 5. The summed E-state index contributed by atoms with van der Waals surface area (Å²) in [5.74, 6) is 1.56. The summed E-state index contributed by atoms with van der Waals surface area (Å²) in [6, 6.07) is 0.550. The Morgan fingerprint density at radius 1 is 1.31 bits per heavy atom. The highest BCUT2D eigenvalue weighted by Crippen LogP contribution is 2.43. The highest BCUT2D eigenvalue weighted by Gasteiger charge is 2.44. The lowest BCUT2D eigenvalue weighted by Gasteiger charge is -2.43. The molecule has 0 radical (unpaired) electrons. The number of nitrogens with one attached hydrogen (secondary N) is 1. The van der Waals surface area contributed by atoms with Gasteiger partial charge in [0.2, 0.25) is 5.95 Å². The molecule has 1 N–H and O–H groups in total. The molecule has 0 aromatic carbocycles. The Morgan fingerprint density at radius 2 is 2.25 bits per heavy atom. The zero-order chi connectivity index (χ0) is 10.5. The number of hydrogen-bond donors (Lipinski definition) is 1. The molecular weight excluding hydrogens is 204 g/mol. The van der Waals surface area contributed by atoms with Crippen molar-refractivity contribution in [2.45, 2.75) is 37.9 Å². The third-order valence-corrected chi connectivity index (χ3v) is 4.02. The van der Waals surface area contributed by atoms with Gasteiger partial charge in [0.25, 0.3) is 0 Å². The smallest absolute Gasteiger partial charge is 0.234 e. The van der Waals surface area contributed by atoms with E-state index in [2.05, 4.69) is 30.2 Å². The van der Waals surface area contributed by atoms with Crippen LogP contribution in [0.5, 0.6) is 0 Å². The fraction of sp³-hybridized carbons (Fsp3) is 0.700. The van der Waals surface area contributed by atoms with E-state index in [0.29, 0.717) is 18.1 Å². The molecule has 1 aliphatic carbocycles. The number of aromatic nitrogens is 3. The molecule has 3 atom stereocenters. The summed E-state index contributed by atoms with van der Waals surface area (Å²) in [6.45, 7) is 0. The first kappa shape index (κ1) is 8.55. The van der Waals surface area contributed by atoms with Crippen molar-refractivity contribution in [2.75, 3.05) is 4.90 Å². The standard InChI is InChI=1S/C10H14N6/c1-2-4-8-7(3-1)9-13-11-6-16(9)10-14-12-5-15(8)10/h5-9,13H,1-4H2. The molecule has 0 amide bonds. The zero-order valence-corrected chi connectivity index (χ0v) is 8.95. The van der Waals surface area contributed by atoms with Crippen LogP contribution in [0.1, 0.15) is 31.7 Å². The molecule has 6 nitrogen and oxygen atoms in total. The molecule has 16 heavy (non-hydrogen) atoms. The third kappa shape index (κ3) is 0.942. The summed E-state index contributed by atoms with van der Waals surface area (Å²) < 4.78 is 2.22. The van der Waals surface area contributed by atoms with E-state index in [1.807, 2.05) is 12.7 Å². The summed E-state index contributed by atoms with van der Waals surface area (Å²) >= 11 is 0. The van der Waals surface area contributed by atoms with Crippen molar-refractivity contribution in [1.82, 2.24) is 20.2 Å². The minimum absolute atomic E-state index is 0.294. The molecule has 6 heteroatoms. The van der Waals surface area contributed by atoms with Gasteiger partial charge in [-0.1, -0.05) is 12.8 Å². The number of hydrazone groups is 1. The van der Waals surface area contributed by atoms with E-state index in [1.54, 1.807) is 0 Å². The van der Waals surface area contributed by atoms with Crippen molar-refractivity contribution in [3.8, 4) is 0 Å². The molecule has 3 heterocycles. The van der Waals surface area contributed by atoms with Gasteiger partial charge in [0.1, 0.15) is 18.8 Å². The summed E-state index contributed by atoms with van der Waals surface area (Å²) in [4.78, 5) is 2.11. The van der Waals surface area contributed by atoms with Gasteiger partial charge in [-0.15, -0.1) is 10.2 Å². The minimum Gasteiger partial charge on any atom is -0.296 e. The second-order valence-corrected chi connectivity index (χ2v) is 4.78. The molecule has 1 aromatic rings. The minimum atomic E-state index is 0.294. The average Bonchev–Trinajstić information content (AvgIpc) is 2.98. The molecule has 1 aromatic heterocycles. The first-order valence-electron chi connectivity index (χ1n) is 5.92. The van der Waals surface area contributed by atoms with Crippen molar-refractivity contribution in [3.63, 3.8) is 0 Å². The van der Waals surface area contributed by atoms with Crippen molar-refractivity contribution in [1.29, 1.82) is 0 Å². The monoisotopic (exact) mass is 218 g/mol. The summed E-state index contributed by atoms with van der Waals surface area (Å²) in [5, 5.41) is 12.4. The molecule has 84 valence electrons. The zero-order valence-electron chi connectivity index (χ0n) is 8.95. The fourth-order valence-corrected chi connectivity index (χ4v) is 3.29. The molecular formula is C10H14N6. The second kappa shape index (κ2) is 2.96. The Balaban J connectivity index is 1.84. The highest BCUT2D eigenvalue weighted by molar-refractivity contribution is 5.79. The summed E-state index contributed by atoms with van der Waals surface area (Å²) in [5.41, 5.74) is 3.20. The van der Waals surface area contributed by atoms with Gasteiger partial charge < -0.3 is 0 Å². The Bertz CT molecular complexity index is 438. The van der Waals surface area contributed by atoms with Crippen LogP contribution in [0.25, 0.3) is 0 Å². The topological polar surface area (TPSA) is 58.3 Å². The Kier molecular flexibility index (Phi) is 1.58. The molecule has 3 aliphatic rings. The quantitative estimate of drug-likeness (QED) is 0.696. The maximum absolute atomic E-state index is 4.20. The summed E-state index contributed by atoms with van der Waals surface area (Å²) in [7, 11) is 0. The SMILES string of the molecule is C1=NNC2C3CCCCC3n3cnnc3N12. The fourth-order valence-electron chi connectivity index (χ4n) is 3.29. The van der Waals surface area contributed by atoms with Gasteiger partial charge in [0, 0.05) is 12.0 Å². The van der Waals surface area contributed by atoms with Crippen molar-refractivity contribution in [3.05, 3.63) is 6.33 Å². The van der Waals surface area contributed by atoms with Crippen LogP contribution in [0.3, 0.4) is 0 Å². The van der Waals surface area contributed by atoms with E-state index in [-0.39, 0.29) is 0 Å². The van der Waals surface area contributed by atoms with Crippen LogP contribution in [0.4, 0.5) is 5.95 Å². The van der Waals surface area contributed by atoms with Crippen LogP contribution in [0, 0.1) is 5.92 Å². The van der Waals surface area contributed by atoms with Gasteiger partial charge in [0.05, 0.1) is 0 Å². The van der Waals surface area contributed by atoms with Gasteiger partial charge in [-0.3, -0.25) is 14.9 Å². The molecule has 0 saturated heterocycles. The molecule has 4 rings (SSSR count). The lowest BCUT2D eigenvalue weighted by molar-refractivity contribution is 0.175. The third-order valence-electron chi connectivity index (χ3n) is 4.02. The van der Waals surface area contributed by atoms with Gasteiger partial charge >= 0.3 is 0 Å². The Hall–Kier alpha value is -1.59. The van der Waals surface area contributed by atoms with Gasteiger partial charge in [-0.05, 0) is 12.8 Å². The molecule has 0 spiro atoms. The van der Waals surface area contributed by atoms with Crippen LogP contribution in [0.2, 0.25) is 0 Å². The average molecular weight is 218 g/mol. The summed E-state index contributed by atoms with van der Waals surface area (Å²) in [6.07, 6.45) is 9.12. The molecule has 0 bridgehead atoms. The lowest BCUT2D eigenvalue weighted by Crippen LogP contribution is -2.52. The first-order chi connectivity index (χ1) is 7.95. The predicted octanol–water partition coefficient (Wildman–Crippen LogP) is 0.702. The Labute approximate surface area is 93.3 Å². The van der Waals surface area contributed by atoms with Gasteiger partial charge in [0.15, 0.2) is 0 Å². The molecule has 2 aliphatic heterocycles. The van der Waals surface area contributed by atoms with Crippen LogP contribution in [-0.2, 0) is 0 Å². The van der Waals surface area contributed by atoms with Crippen molar-refractivity contribution in [2.24, 2.45) is 11.0 Å². The maximum atomic E-state index is 4.20. The van der Waals surface area contributed by atoms with Crippen LogP contribution in [-0.4, -0.2) is 27.3 Å². The van der Waals surface area contributed by atoms with E-state index >= 15 is 0 Å². The lowest BCUT2D eigenvalue weighted by atomic mass is 9.81. The largest absolute Gasteiger partial charge is 0.296 e. The number of fused-ring (bicyclic) bond motifs is 6. The van der Waals surface area contributed by atoms with E-state index in [0.717, 1.165) is 5.95 Å². The maximum Gasteiger partial charge on any atom is 0.234 e. The first-order valence-corrected chi connectivity index (χ1v) is 5.92. The second-order valence-electron chi connectivity index (χ2n) is 4.78. The van der Waals surface area contributed by atoms with Crippen LogP contribution in [0.15, 0.2) is 11.4 Å². The highest BCUT2D eigenvalue weighted by atomic mass is 15.6. The van der Waals surface area contributed by atoms with Gasteiger partial charge in [-0.25, -0.2) is 0 Å². The number of anilines is 1. The van der Waals surface area contributed by atoms with E-state index in [4.69, 9.17) is 0 Å². The Morgan fingerprint density at radius 3 is 3.25 bits per heavy atom. The predicted molar refractivity (Wildman–Crippen MR) is 58.9 cm³/mol. The number of rotatable bonds is 0. The van der Waals surface area contributed by atoms with E-state index in [1.165, 1.54) is 25.7 Å². The molecule has 1 saturated carbocycles. The van der Waals surface area contributed by atoms with Crippen molar-refractivity contribution >= 4 is 12.3 Å².